The number of aliphatic hydroxyl groups is 1. The van der Waals surface area contributed by atoms with Crippen molar-refractivity contribution in [3.8, 4) is 0 Å². The summed E-state index contributed by atoms with van der Waals surface area (Å²) in [6.45, 7) is 10.6. The van der Waals surface area contributed by atoms with E-state index in [1.165, 1.54) is 28.4 Å². The summed E-state index contributed by atoms with van der Waals surface area (Å²) in [4.78, 5) is 21.9. The summed E-state index contributed by atoms with van der Waals surface area (Å²) in [5.74, 6) is 3.31. The number of amides is 1. The molecule has 0 radical (unpaired) electrons. The number of thioether (sulfide) groups is 1. The van der Waals surface area contributed by atoms with Gasteiger partial charge in [-0.25, -0.2) is 4.98 Å². The fraction of sp³-hybridized carbons (Fsp3) is 0.840. The van der Waals surface area contributed by atoms with E-state index in [0.29, 0.717) is 5.92 Å². The summed E-state index contributed by atoms with van der Waals surface area (Å²) < 4.78 is 0. The number of rotatable bonds is 3. The smallest absolute Gasteiger partial charge is 0.225 e. The Hall–Kier alpha value is -0.630. The molecule has 1 aromatic heterocycles. The monoisotopic (exact) mass is 477 g/mol. The van der Waals surface area contributed by atoms with E-state index in [4.69, 9.17) is 4.98 Å². The van der Waals surface area contributed by atoms with Gasteiger partial charge >= 0.3 is 0 Å². The van der Waals surface area contributed by atoms with E-state index in [9.17, 15) is 9.90 Å². The van der Waals surface area contributed by atoms with Crippen molar-refractivity contribution in [3.05, 3.63) is 15.6 Å². The van der Waals surface area contributed by atoms with Crippen molar-refractivity contribution in [2.45, 2.75) is 70.8 Å². The first-order valence-electron chi connectivity index (χ1n) is 12.6. The van der Waals surface area contributed by atoms with Crippen molar-refractivity contribution in [2.24, 2.45) is 23.2 Å². The second kappa shape index (κ2) is 9.20. The van der Waals surface area contributed by atoms with Gasteiger partial charge in [0.15, 0.2) is 0 Å². The molecule has 0 aromatic carbocycles. The van der Waals surface area contributed by atoms with E-state index in [-0.39, 0.29) is 35.0 Å². The van der Waals surface area contributed by atoms with Gasteiger partial charge in [0.05, 0.1) is 16.8 Å². The molecule has 32 heavy (non-hydrogen) atoms. The highest BCUT2D eigenvalue weighted by molar-refractivity contribution is 7.99. The highest BCUT2D eigenvalue weighted by Gasteiger charge is 2.54. The van der Waals surface area contributed by atoms with Crippen LogP contribution in [0.4, 0.5) is 0 Å². The number of aromatic nitrogens is 1. The van der Waals surface area contributed by atoms with Gasteiger partial charge in [-0.2, -0.15) is 11.8 Å². The second-order valence-corrected chi connectivity index (χ2v) is 13.3. The standard InChI is InChI=1S/C25H39N3O2S2/c1-15(24(30)28-10-12-31-13-11-28)18-4-7-25(3)14-19-21(16(2)20(25)22(18)29)27-23(32-19)17-5-8-26-9-6-17/h15-18,20,22,26,29H,4-14H2,1-3H3/t15-,16+,18+,20+,22-,25+/m0/s1. The van der Waals surface area contributed by atoms with Crippen molar-refractivity contribution in [2.75, 3.05) is 37.7 Å². The number of carbonyl (C=O) groups excluding carboxylic acids is 1. The lowest BCUT2D eigenvalue weighted by Crippen LogP contribution is -2.54. The third kappa shape index (κ3) is 4.05. The summed E-state index contributed by atoms with van der Waals surface area (Å²) in [7, 11) is 0. The van der Waals surface area contributed by atoms with E-state index in [0.717, 1.165) is 56.9 Å². The van der Waals surface area contributed by atoms with E-state index in [1.807, 2.05) is 28.0 Å². The zero-order chi connectivity index (χ0) is 22.5. The molecular weight excluding hydrogens is 438 g/mol. The minimum Gasteiger partial charge on any atom is -0.392 e. The van der Waals surface area contributed by atoms with Crippen LogP contribution in [0, 0.1) is 23.2 Å². The fourth-order valence-electron chi connectivity index (χ4n) is 7.06. The molecule has 2 saturated heterocycles. The molecule has 1 aromatic rings. The number of nitrogens with zero attached hydrogens (tertiary/aromatic N) is 2. The first-order chi connectivity index (χ1) is 15.4. The Morgan fingerprint density at radius 3 is 2.69 bits per heavy atom. The number of nitrogens with one attached hydrogen (secondary N) is 1. The van der Waals surface area contributed by atoms with Crippen LogP contribution in [-0.2, 0) is 11.2 Å². The van der Waals surface area contributed by atoms with E-state index < -0.39 is 6.10 Å². The lowest BCUT2D eigenvalue weighted by molar-refractivity contribution is -0.144. The molecule has 4 aliphatic rings. The summed E-state index contributed by atoms with van der Waals surface area (Å²) in [5, 5.41) is 16.5. The minimum absolute atomic E-state index is 0.0571. The van der Waals surface area contributed by atoms with Crippen LogP contribution in [0.25, 0.3) is 0 Å². The zero-order valence-corrected chi connectivity index (χ0v) is 21.4. The Bertz CT molecular complexity index is 833. The Balaban J connectivity index is 1.36. The largest absolute Gasteiger partial charge is 0.392 e. The molecule has 7 heteroatoms. The fourth-order valence-corrected chi connectivity index (χ4v) is 9.50. The molecule has 178 valence electrons. The Morgan fingerprint density at radius 1 is 1.25 bits per heavy atom. The summed E-state index contributed by atoms with van der Waals surface area (Å²) in [5.41, 5.74) is 1.35. The molecule has 0 spiro atoms. The highest BCUT2D eigenvalue weighted by Crippen LogP contribution is 2.57. The third-order valence-electron chi connectivity index (χ3n) is 8.98. The van der Waals surface area contributed by atoms with Crippen LogP contribution >= 0.6 is 23.1 Å². The number of aliphatic hydroxyl groups excluding tert-OH is 1. The summed E-state index contributed by atoms with van der Waals surface area (Å²) >= 11 is 3.88. The van der Waals surface area contributed by atoms with Crippen molar-refractivity contribution < 1.29 is 9.90 Å². The van der Waals surface area contributed by atoms with Crippen LogP contribution in [0.1, 0.15) is 73.9 Å². The van der Waals surface area contributed by atoms with Crippen LogP contribution in [0.2, 0.25) is 0 Å². The molecule has 5 rings (SSSR count). The Morgan fingerprint density at radius 2 is 1.97 bits per heavy atom. The quantitative estimate of drug-likeness (QED) is 0.692. The molecule has 0 bridgehead atoms. The summed E-state index contributed by atoms with van der Waals surface area (Å²) in [6.07, 6.45) is 5.01. The number of fused-ring (bicyclic) bond motifs is 2. The molecule has 5 nitrogen and oxygen atoms in total. The molecule has 3 fully saturated rings. The van der Waals surface area contributed by atoms with Gasteiger partial charge in [0.25, 0.3) is 0 Å². The van der Waals surface area contributed by atoms with Crippen LogP contribution in [0.3, 0.4) is 0 Å². The molecule has 2 aliphatic heterocycles. The van der Waals surface area contributed by atoms with Crippen molar-refractivity contribution in [1.29, 1.82) is 0 Å². The van der Waals surface area contributed by atoms with Gasteiger partial charge in [-0.15, -0.1) is 11.3 Å². The summed E-state index contributed by atoms with van der Waals surface area (Å²) in [6, 6.07) is 0. The number of thiazole rings is 1. The predicted molar refractivity (Wildman–Crippen MR) is 132 cm³/mol. The van der Waals surface area contributed by atoms with Crippen LogP contribution < -0.4 is 5.32 Å². The van der Waals surface area contributed by atoms with E-state index in [1.54, 1.807) is 0 Å². The average molecular weight is 478 g/mol. The predicted octanol–water partition coefficient (Wildman–Crippen LogP) is 3.87. The lowest BCUT2D eigenvalue weighted by atomic mass is 9.53. The maximum atomic E-state index is 13.2. The zero-order valence-electron chi connectivity index (χ0n) is 19.8. The van der Waals surface area contributed by atoms with Gasteiger partial charge in [-0.3, -0.25) is 4.79 Å². The van der Waals surface area contributed by atoms with Crippen LogP contribution in [-0.4, -0.2) is 64.7 Å². The topological polar surface area (TPSA) is 65.5 Å². The van der Waals surface area contributed by atoms with Crippen LogP contribution in [0.15, 0.2) is 0 Å². The van der Waals surface area contributed by atoms with Gasteiger partial charge < -0.3 is 15.3 Å². The number of hydrogen-bond donors (Lipinski definition) is 2. The van der Waals surface area contributed by atoms with Crippen molar-refractivity contribution >= 4 is 29.0 Å². The number of carbonyl (C=O) groups is 1. The van der Waals surface area contributed by atoms with E-state index >= 15 is 0 Å². The average Bonchev–Trinajstić information content (AvgIpc) is 3.23. The van der Waals surface area contributed by atoms with Gasteiger partial charge in [0.1, 0.15) is 0 Å². The van der Waals surface area contributed by atoms with Gasteiger partial charge in [0, 0.05) is 47.2 Å². The molecule has 0 unspecified atom stereocenters. The number of hydrogen-bond acceptors (Lipinski definition) is 6. The molecule has 1 amide bonds. The first kappa shape index (κ1) is 23.1. The maximum Gasteiger partial charge on any atom is 0.225 e. The van der Waals surface area contributed by atoms with Gasteiger partial charge in [-0.05, 0) is 62.4 Å². The normalized spacial score (nSPS) is 36.9. The molecule has 2 N–H and O–H groups in total. The van der Waals surface area contributed by atoms with Gasteiger partial charge in [-0.1, -0.05) is 20.8 Å². The first-order valence-corrected chi connectivity index (χ1v) is 14.6. The molecule has 2 aliphatic carbocycles. The lowest BCUT2D eigenvalue weighted by Gasteiger charge is -2.53. The molecule has 1 saturated carbocycles. The second-order valence-electron chi connectivity index (χ2n) is 10.9. The Kier molecular flexibility index (Phi) is 6.65. The van der Waals surface area contributed by atoms with E-state index in [2.05, 4.69) is 26.1 Å². The molecule has 6 atom stereocenters. The molecular formula is C25H39N3O2S2. The van der Waals surface area contributed by atoms with Crippen LogP contribution in [0.5, 0.6) is 0 Å². The van der Waals surface area contributed by atoms with Crippen molar-refractivity contribution in [1.82, 2.24) is 15.2 Å². The SMILES string of the molecule is C[C@H](C(=O)N1CCSCC1)[C@H]1CC[C@]2(C)Cc3sc(C4CCNCC4)nc3[C@H](C)[C@@H]2[C@H]1O. The minimum atomic E-state index is -0.431. The highest BCUT2D eigenvalue weighted by atomic mass is 32.2. The van der Waals surface area contributed by atoms with Crippen molar-refractivity contribution in [3.63, 3.8) is 0 Å². The maximum absolute atomic E-state index is 13.2. The third-order valence-corrected chi connectivity index (χ3v) is 11.2. The Labute approximate surface area is 201 Å². The molecule has 3 heterocycles. The number of piperidine rings is 1. The van der Waals surface area contributed by atoms with Gasteiger partial charge in [0.2, 0.25) is 5.91 Å².